The summed E-state index contributed by atoms with van der Waals surface area (Å²) < 4.78 is 28.3. The largest absolute Gasteiger partial charge is 0.386 e. The van der Waals surface area contributed by atoms with Crippen LogP contribution in [-0.2, 0) is 17.1 Å². The molecule has 1 atom stereocenters. The number of imidazole rings is 1. The zero-order chi connectivity index (χ0) is 14.8. The first-order valence-corrected chi connectivity index (χ1v) is 7.27. The van der Waals surface area contributed by atoms with E-state index in [0.717, 1.165) is 0 Å². The van der Waals surface area contributed by atoms with Gasteiger partial charge in [0.05, 0.1) is 6.33 Å². The second-order valence-electron chi connectivity index (χ2n) is 4.30. The topological polar surface area (TPSA) is 114 Å². The first-order chi connectivity index (χ1) is 9.40. The molecule has 0 spiro atoms. The number of hydrogen-bond acceptors (Lipinski definition) is 4. The molecule has 0 saturated heterocycles. The first kappa shape index (κ1) is 14.2. The van der Waals surface area contributed by atoms with Gasteiger partial charge in [-0.1, -0.05) is 30.3 Å². The fourth-order valence-corrected chi connectivity index (χ4v) is 2.88. The molecule has 20 heavy (non-hydrogen) atoms. The van der Waals surface area contributed by atoms with Crippen molar-refractivity contribution in [2.24, 2.45) is 12.8 Å². The predicted molar refractivity (Wildman–Crippen MR) is 74.6 cm³/mol. The van der Waals surface area contributed by atoms with E-state index in [2.05, 4.69) is 9.71 Å². The van der Waals surface area contributed by atoms with E-state index in [0.29, 0.717) is 5.56 Å². The summed E-state index contributed by atoms with van der Waals surface area (Å²) in [6.07, 6.45) is 2.77. The van der Waals surface area contributed by atoms with Gasteiger partial charge in [0.25, 0.3) is 10.0 Å². The van der Waals surface area contributed by atoms with Crippen LogP contribution in [0.25, 0.3) is 0 Å². The van der Waals surface area contributed by atoms with Gasteiger partial charge in [-0.25, -0.2) is 13.4 Å². The number of sulfonamides is 1. The van der Waals surface area contributed by atoms with Crippen LogP contribution in [0.3, 0.4) is 0 Å². The molecule has 7 nitrogen and oxygen atoms in total. The molecule has 0 radical (unpaired) electrons. The van der Waals surface area contributed by atoms with Crippen LogP contribution in [0.2, 0.25) is 0 Å². The third-order valence-corrected chi connectivity index (χ3v) is 3.98. The van der Waals surface area contributed by atoms with Gasteiger partial charge < -0.3 is 10.3 Å². The van der Waals surface area contributed by atoms with Crippen LogP contribution in [0, 0.1) is 5.41 Å². The molecule has 0 amide bonds. The second-order valence-corrected chi connectivity index (χ2v) is 5.96. The van der Waals surface area contributed by atoms with Crippen molar-refractivity contribution in [2.45, 2.75) is 11.1 Å². The maximum Gasteiger partial charge on any atom is 0.260 e. The van der Waals surface area contributed by atoms with Gasteiger partial charge in [-0.05, 0) is 5.56 Å². The van der Waals surface area contributed by atoms with Crippen molar-refractivity contribution in [3.05, 3.63) is 48.4 Å². The monoisotopic (exact) mass is 293 g/mol. The third-order valence-electron chi connectivity index (χ3n) is 2.67. The Morgan fingerprint density at radius 2 is 2.05 bits per heavy atom. The van der Waals surface area contributed by atoms with E-state index in [4.69, 9.17) is 11.1 Å². The molecule has 0 aliphatic heterocycles. The summed E-state index contributed by atoms with van der Waals surface area (Å²) in [5, 5.41) is 7.45. The van der Waals surface area contributed by atoms with Crippen LogP contribution < -0.4 is 10.5 Å². The van der Waals surface area contributed by atoms with E-state index in [1.807, 2.05) is 0 Å². The fraction of sp³-hybridized carbons (Fsp3) is 0.167. The maximum absolute atomic E-state index is 12.2. The molecule has 2 rings (SSSR count). The van der Waals surface area contributed by atoms with Gasteiger partial charge in [-0.2, -0.15) is 4.72 Å². The van der Waals surface area contributed by atoms with Crippen LogP contribution >= 0.6 is 0 Å². The van der Waals surface area contributed by atoms with Gasteiger partial charge in [0.15, 0.2) is 5.03 Å². The first-order valence-electron chi connectivity index (χ1n) is 5.79. The zero-order valence-electron chi connectivity index (χ0n) is 10.8. The van der Waals surface area contributed by atoms with Crippen LogP contribution in [-0.4, -0.2) is 23.8 Å². The standard InChI is InChI=1S/C12H15N5O2S/c1-17-7-10(15-8-17)20(18,19)16-11(12(13)14)9-5-3-2-4-6-9/h2-8,11,16H,1H3,(H3,13,14). The minimum Gasteiger partial charge on any atom is -0.386 e. The Labute approximate surface area is 117 Å². The number of hydrogen-bond donors (Lipinski definition) is 3. The maximum atomic E-state index is 12.2. The number of benzene rings is 1. The summed E-state index contributed by atoms with van der Waals surface area (Å²) in [4.78, 5) is 3.79. The van der Waals surface area contributed by atoms with Crippen molar-refractivity contribution in [1.82, 2.24) is 14.3 Å². The lowest BCUT2D eigenvalue weighted by Crippen LogP contribution is -2.37. The Morgan fingerprint density at radius 3 is 2.55 bits per heavy atom. The van der Waals surface area contributed by atoms with Gasteiger partial charge in [0.1, 0.15) is 11.9 Å². The third kappa shape index (κ3) is 3.03. The molecular weight excluding hydrogens is 278 g/mol. The minimum atomic E-state index is -3.83. The van der Waals surface area contributed by atoms with Gasteiger partial charge in [0.2, 0.25) is 0 Å². The molecule has 1 aromatic heterocycles. The quantitative estimate of drug-likeness (QED) is 0.546. The van der Waals surface area contributed by atoms with Crippen molar-refractivity contribution in [3.63, 3.8) is 0 Å². The predicted octanol–water partition coefficient (Wildman–Crippen LogP) is 0.376. The molecule has 106 valence electrons. The van der Waals surface area contributed by atoms with Crippen LogP contribution in [0.4, 0.5) is 0 Å². The number of aryl methyl sites for hydroxylation is 1. The lowest BCUT2D eigenvalue weighted by Gasteiger charge is -2.16. The summed E-state index contributed by atoms with van der Waals surface area (Å²) in [6.45, 7) is 0. The number of rotatable bonds is 5. The van der Waals surface area contributed by atoms with Gasteiger partial charge in [-0.15, -0.1) is 0 Å². The van der Waals surface area contributed by atoms with Gasteiger partial charge in [-0.3, -0.25) is 5.41 Å². The van der Waals surface area contributed by atoms with E-state index >= 15 is 0 Å². The Bertz CT molecular complexity index is 708. The molecule has 1 heterocycles. The van der Waals surface area contributed by atoms with Gasteiger partial charge in [0, 0.05) is 13.2 Å². The Kier molecular flexibility index (Phi) is 3.86. The number of nitrogens with zero attached hydrogens (tertiary/aromatic N) is 2. The Balaban J connectivity index is 2.32. The molecule has 1 aromatic carbocycles. The van der Waals surface area contributed by atoms with Crippen molar-refractivity contribution in [3.8, 4) is 0 Å². The molecule has 0 fully saturated rings. The molecule has 0 saturated carbocycles. The summed E-state index contributed by atoms with van der Waals surface area (Å²) in [7, 11) is -2.16. The average molecular weight is 293 g/mol. The number of nitrogens with one attached hydrogen (secondary N) is 2. The summed E-state index contributed by atoms with van der Waals surface area (Å²) in [5.41, 5.74) is 6.09. The van der Waals surface area contributed by atoms with Crippen molar-refractivity contribution >= 4 is 15.9 Å². The molecule has 2 aromatic rings. The normalized spacial score (nSPS) is 13.1. The van der Waals surface area contributed by atoms with Crippen molar-refractivity contribution in [1.29, 1.82) is 5.41 Å². The summed E-state index contributed by atoms with van der Waals surface area (Å²) in [5.74, 6) is -0.282. The lowest BCUT2D eigenvalue weighted by atomic mass is 10.1. The number of amidine groups is 1. The highest BCUT2D eigenvalue weighted by atomic mass is 32.2. The van der Waals surface area contributed by atoms with Crippen LogP contribution in [0.1, 0.15) is 11.6 Å². The minimum absolute atomic E-state index is 0.109. The number of nitrogens with two attached hydrogens (primary N) is 1. The molecule has 0 aliphatic carbocycles. The summed E-state index contributed by atoms with van der Waals surface area (Å²) >= 11 is 0. The zero-order valence-corrected chi connectivity index (χ0v) is 11.6. The van der Waals surface area contributed by atoms with Crippen molar-refractivity contribution in [2.75, 3.05) is 0 Å². The highest BCUT2D eigenvalue weighted by molar-refractivity contribution is 7.89. The summed E-state index contributed by atoms with van der Waals surface area (Å²) in [6, 6.07) is 7.79. The van der Waals surface area contributed by atoms with E-state index in [9.17, 15) is 8.42 Å². The fourth-order valence-electron chi connectivity index (χ4n) is 1.70. The lowest BCUT2D eigenvalue weighted by molar-refractivity contribution is 0.573. The molecular formula is C12H15N5O2S. The molecule has 0 aliphatic rings. The van der Waals surface area contributed by atoms with E-state index in [-0.39, 0.29) is 10.9 Å². The number of aromatic nitrogens is 2. The van der Waals surface area contributed by atoms with Gasteiger partial charge >= 0.3 is 0 Å². The van der Waals surface area contributed by atoms with Crippen molar-refractivity contribution < 1.29 is 8.42 Å². The van der Waals surface area contributed by atoms with Crippen LogP contribution in [0.15, 0.2) is 47.9 Å². The van der Waals surface area contributed by atoms with E-state index in [1.54, 1.807) is 37.4 Å². The van der Waals surface area contributed by atoms with E-state index < -0.39 is 16.1 Å². The second kappa shape index (κ2) is 5.43. The SMILES string of the molecule is Cn1cnc(S(=O)(=O)NC(C(=N)N)c2ccccc2)c1. The molecule has 4 N–H and O–H groups in total. The Hall–Kier alpha value is -2.19. The molecule has 8 heteroatoms. The van der Waals surface area contributed by atoms with Crippen LogP contribution in [0.5, 0.6) is 0 Å². The van der Waals surface area contributed by atoms with E-state index in [1.165, 1.54) is 17.1 Å². The smallest absolute Gasteiger partial charge is 0.260 e. The highest BCUT2D eigenvalue weighted by Gasteiger charge is 2.25. The highest BCUT2D eigenvalue weighted by Crippen LogP contribution is 2.16. The Morgan fingerprint density at radius 1 is 1.40 bits per heavy atom. The average Bonchev–Trinajstić information content (AvgIpc) is 2.84. The molecule has 0 bridgehead atoms. The molecule has 1 unspecified atom stereocenters.